The Balaban J connectivity index is 2.10. The van der Waals surface area contributed by atoms with Crippen LogP contribution in [-0.4, -0.2) is 19.3 Å². The standard InChI is InChI=1S/C12H19N5/c1-10(2)6-17-12(14-9-15-17)8-16-4-3-11(5-13)7-16/h3-4,7,9-10H,5-6,8,13H2,1-2H3. The molecule has 2 aromatic heterocycles. The molecule has 2 N–H and O–H groups in total. The van der Waals surface area contributed by atoms with E-state index in [4.69, 9.17) is 5.73 Å². The number of aromatic nitrogens is 4. The summed E-state index contributed by atoms with van der Waals surface area (Å²) in [7, 11) is 0. The van der Waals surface area contributed by atoms with Crippen molar-refractivity contribution in [2.45, 2.75) is 33.5 Å². The maximum absolute atomic E-state index is 5.59. The zero-order chi connectivity index (χ0) is 12.3. The van der Waals surface area contributed by atoms with E-state index in [1.807, 2.05) is 23.1 Å². The van der Waals surface area contributed by atoms with E-state index in [2.05, 4.69) is 28.5 Å². The first-order valence-electron chi connectivity index (χ1n) is 5.90. The molecule has 0 aliphatic heterocycles. The molecule has 0 spiro atoms. The molecule has 0 saturated carbocycles. The fourth-order valence-corrected chi connectivity index (χ4v) is 1.78. The van der Waals surface area contributed by atoms with Crippen LogP contribution in [0.2, 0.25) is 0 Å². The molecule has 2 heterocycles. The summed E-state index contributed by atoms with van der Waals surface area (Å²) < 4.78 is 4.05. The van der Waals surface area contributed by atoms with Crippen LogP contribution in [0, 0.1) is 5.92 Å². The number of hydrogen-bond acceptors (Lipinski definition) is 3. The van der Waals surface area contributed by atoms with Gasteiger partial charge >= 0.3 is 0 Å². The van der Waals surface area contributed by atoms with Crippen LogP contribution in [0.1, 0.15) is 25.2 Å². The Labute approximate surface area is 101 Å². The lowest BCUT2D eigenvalue weighted by molar-refractivity contribution is 0.461. The number of hydrogen-bond donors (Lipinski definition) is 1. The molecule has 0 unspecified atom stereocenters. The van der Waals surface area contributed by atoms with Gasteiger partial charge in [-0.1, -0.05) is 13.8 Å². The highest BCUT2D eigenvalue weighted by Gasteiger charge is 2.06. The van der Waals surface area contributed by atoms with Gasteiger partial charge in [0, 0.05) is 25.5 Å². The van der Waals surface area contributed by atoms with Gasteiger partial charge in [0.2, 0.25) is 0 Å². The Kier molecular flexibility index (Phi) is 3.58. The molecule has 0 aliphatic rings. The third kappa shape index (κ3) is 2.94. The number of nitrogens with zero attached hydrogens (tertiary/aromatic N) is 4. The van der Waals surface area contributed by atoms with Crippen molar-refractivity contribution in [2.24, 2.45) is 11.7 Å². The third-order valence-electron chi connectivity index (χ3n) is 2.61. The normalized spacial score (nSPS) is 11.3. The van der Waals surface area contributed by atoms with Crippen molar-refractivity contribution in [3.05, 3.63) is 36.2 Å². The molecule has 0 fully saturated rings. The second-order valence-corrected chi connectivity index (χ2v) is 4.65. The summed E-state index contributed by atoms with van der Waals surface area (Å²) in [5, 5.41) is 4.25. The summed E-state index contributed by atoms with van der Waals surface area (Å²) in [6.45, 7) is 6.57. The topological polar surface area (TPSA) is 61.7 Å². The minimum Gasteiger partial charge on any atom is -0.346 e. The summed E-state index contributed by atoms with van der Waals surface area (Å²) in [6, 6.07) is 2.03. The Morgan fingerprint density at radius 2 is 2.24 bits per heavy atom. The first-order valence-corrected chi connectivity index (χ1v) is 5.90. The summed E-state index contributed by atoms with van der Waals surface area (Å²) in [5.74, 6) is 1.55. The van der Waals surface area contributed by atoms with Crippen LogP contribution in [0.15, 0.2) is 24.8 Å². The Hall–Kier alpha value is -1.62. The quantitative estimate of drug-likeness (QED) is 0.845. The van der Waals surface area contributed by atoms with Crippen molar-refractivity contribution in [1.29, 1.82) is 0 Å². The largest absolute Gasteiger partial charge is 0.346 e. The molecule has 5 heteroatoms. The Morgan fingerprint density at radius 1 is 1.41 bits per heavy atom. The second-order valence-electron chi connectivity index (χ2n) is 4.65. The van der Waals surface area contributed by atoms with Gasteiger partial charge in [0.05, 0.1) is 6.54 Å². The molecule has 17 heavy (non-hydrogen) atoms. The van der Waals surface area contributed by atoms with Gasteiger partial charge in [-0.15, -0.1) is 0 Å². The van der Waals surface area contributed by atoms with Gasteiger partial charge in [-0.2, -0.15) is 5.10 Å². The van der Waals surface area contributed by atoms with Crippen LogP contribution < -0.4 is 5.73 Å². The van der Waals surface area contributed by atoms with Gasteiger partial charge in [-0.05, 0) is 17.5 Å². The molecule has 0 bridgehead atoms. The van der Waals surface area contributed by atoms with Crippen molar-refractivity contribution in [1.82, 2.24) is 19.3 Å². The second kappa shape index (κ2) is 5.14. The maximum Gasteiger partial charge on any atom is 0.146 e. The predicted molar refractivity (Wildman–Crippen MR) is 66.3 cm³/mol. The Morgan fingerprint density at radius 3 is 2.88 bits per heavy atom. The highest BCUT2D eigenvalue weighted by molar-refractivity contribution is 5.10. The van der Waals surface area contributed by atoms with E-state index in [1.165, 1.54) is 0 Å². The lowest BCUT2D eigenvalue weighted by atomic mass is 10.2. The summed E-state index contributed by atoms with van der Waals surface area (Å²) in [6.07, 6.45) is 5.69. The van der Waals surface area contributed by atoms with Gasteiger partial charge < -0.3 is 10.3 Å². The van der Waals surface area contributed by atoms with Crippen LogP contribution in [0.3, 0.4) is 0 Å². The van der Waals surface area contributed by atoms with Crippen LogP contribution in [-0.2, 0) is 19.6 Å². The van der Waals surface area contributed by atoms with Crippen molar-refractivity contribution in [3.63, 3.8) is 0 Å². The lowest BCUT2D eigenvalue weighted by Crippen LogP contribution is -2.12. The molecular formula is C12H19N5. The molecule has 5 nitrogen and oxygen atoms in total. The highest BCUT2D eigenvalue weighted by atomic mass is 15.3. The highest BCUT2D eigenvalue weighted by Crippen LogP contribution is 2.06. The minimum absolute atomic E-state index is 0.569. The number of rotatable bonds is 5. The fraction of sp³-hybridized carbons (Fsp3) is 0.500. The molecule has 92 valence electrons. The van der Waals surface area contributed by atoms with Gasteiger partial charge in [0.1, 0.15) is 12.2 Å². The van der Waals surface area contributed by atoms with Crippen LogP contribution in [0.5, 0.6) is 0 Å². The molecular weight excluding hydrogens is 214 g/mol. The zero-order valence-corrected chi connectivity index (χ0v) is 10.4. The van der Waals surface area contributed by atoms with Gasteiger partial charge in [-0.25, -0.2) is 9.67 Å². The first-order chi connectivity index (χ1) is 8.19. The smallest absolute Gasteiger partial charge is 0.146 e. The van der Waals surface area contributed by atoms with Crippen LogP contribution in [0.4, 0.5) is 0 Å². The van der Waals surface area contributed by atoms with E-state index in [0.717, 1.165) is 24.5 Å². The van der Waals surface area contributed by atoms with Crippen LogP contribution >= 0.6 is 0 Å². The van der Waals surface area contributed by atoms with Gasteiger partial charge in [-0.3, -0.25) is 0 Å². The number of nitrogens with two attached hydrogens (primary N) is 1. The van der Waals surface area contributed by atoms with Crippen molar-refractivity contribution in [2.75, 3.05) is 0 Å². The molecule has 0 atom stereocenters. The lowest BCUT2D eigenvalue weighted by Gasteiger charge is -2.08. The average Bonchev–Trinajstić information content (AvgIpc) is 2.89. The van der Waals surface area contributed by atoms with Gasteiger partial charge in [0.15, 0.2) is 0 Å². The summed E-state index contributed by atoms with van der Waals surface area (Å²) >= 11 is 0. The van der Waals surface area contributed by atoms with Gasteiger partial charge in [0.25, 0.3) is 0 Å². The van der Waals surface area contributed by atoms with E-state index in [9.17, 15) is 0 Å². The predicted octanol–water partition coefficient (Wildman–Crippen LogP) is 1.24. The molecule has 2 rings (SSSR count). The minimum atomic E-state index is 0.569. The van der Waals surface area contributed by atoms with Crippen molar-refractivity contribution >= 4 is 0 Å². The Bertz CT molecular complexity index is 469. The monoisotopic (exact) mass is 233 g/mol. The van der Waals surface area contributed by atoms with E-state index < -0.39 is 0 Å². The van der Waals surface area contributed by atoms with E-state index in [1.54, 1.807) is 6.33 Å². The summed E-state index contributed by atoms with van der Waals surface area (Å²) in [5.41, 5.74) is 6.72. The van der Waals surface area contributed by atoms with Crippen molar-refractivity contribution < 1.29 is 0 Å². The maximum atomic E-state index is 5.59. The molecule has 2 aromatic rings. The SMILES string of the molecule is CC(C)Cn1ncnc1Cn1ccc(CN)c1. The zero-order valence-electron chi connectivity index (χ0n) is 10.4. The first kappa shape index (κ1) is 11.9. The fourth-order valence-electron chi connectivity index (χ4n) is 1.78. The average molecular weight is 233 g/mol. The molecule has 0 aliphatic carbocycles. The van der Waals surface area contributed by atoms with Crippen LogP contribution in [0.25, 0.3) is 0 Å². The molecule has 0 radical (unpaired) electrons. The van der Waals surface area contributed by atoms with E-state index >= 15 is 0 Å². The molecule has 0 saturated heterocycles. The van der Waals surface area contributed by atoms with Crippen molar-refractivity contribution in [3.8, 4) is 0 Å². The molecule has 0 aromatic carbocycles. The third-order valence-corrected chi connectivity index (χ3v) is 2.61. The summed E-state index contributed by atoms with van der Waals surface area (Å²) in [4.78, 5) is 4.30. The van der Waals surface area contributed by atoms with E-state index in [-0.39, 0.29) is 0 Å². The van der Waals surface area contributed by atoms with E-state index in [0.29, 0.717) is 12.5 Å². The molecule has 0 amide bonds.